The van der Waals surface area contributed by atoms with Crippen molar-refractivity contribution >= 4 is 22.8 Å². The van der Waals surface area contributed by atoms with E-state index in [-0.39, 0.29) is 18.4 Å². The van der Waals surface area contributed by atoms with Crippen LogP contribution < -0.4 is 10.1 Å². The molecule has 30 heavy (non-hydrogen) atoms. The normalized spacial score (nSPS) is 10.8. The van der Waals surface area contributed by atoms with E-state index in [1.165, 1.54) is 0 Å². The molecule has 0 bridgehead atoms. The first-order valence-electron chi connectivity index (χ1n) is 10.2. The molecule has 0 aliphatic heterocycles. The summed E-state index contributed by atoms with van der Waals surface area (Å²) in [7, 11) is 3.29. The van der Waals surface area contributed by atoms with Crippen LogP contribution in [0.3, 0.4) is 0 Å². The third-order valence-corrected chi connectivity index (χ3v) is 5.09. The molecule has 1 aromatic heterocycles. The number of rotatable bonds is 9. The third-order valence-electron chi connectivity index (χ3n) is 5.09. The molecule has 0 unspecified atom stereocenters. The molecule has 0 fully saturated rings. The van der Waals surface area contributed by atoms with Gasteiger partial charge in [-0.3, -0.25) is 9.59 Å². The largest absolute Gasteiger partial charge is 0.497 e. The van der Waals surface area contributed by atoms with E-state index >= 15 is 0 Å². The van der Waals surface area contributed by atoms with Gasteiger partial charge in [-0.25, -0.2) is 0 Å². The van der Waals surface area contributed by atoms with Gasteiger partial charge in [0.05, 0.1) is 13.7 Å². The van der Waals surface area contributed by atoms with Crippen molar-refractivity contribution in [3.63, 3.8) is 0 Å². The second-order valence-corrected chi connectivity index (χ2v) is 7.27. The molecule has 0 radical (unpaired) electrons. The molecule has 0 aliphatic carbocycles. The second-order valence-electron chi connectivity index (χ2n) is 7.27. The number of amides is 2. The zero-order valence-corrected chi connectivity index (χ0v) is 17.7. The topological polar surface area (TPSA) is 71.8 Å². The smallest absolute Gasteiger partial charge is 0.251 e. The number of nitrogens with zero attached hydrogens (tertiary/aromatic N) is 1. The third kappa shape index (κ3) is 5.00. The Labute approximate surface area is 176 Å². The number of aryl methyl sites for hydroxylation is 1. The molecule has 1 heterocycles. The fraction of sp³-hybridized carbons (Fsp3) is 0.333. The maximum atomic E-state index is 12.6. The predicted octanol–water partition coefficient (Wildman–Crippen LogP) is 4.17. The molecular weight excluding hydrogens is 380 g/mol. The zero-order valence-electron chi connectivity index (χ0n) is 17.7. The number of unbranched alkanes of at least 4 members (excludes halogenated alkanes) is 1. The molecule has 6 nitrogen and oxygen atoms in total. The van der Waals surface area contributed by atoms with Crippen molar-refractivity contribution in [1.29, 1.82) is 0 Å². The molecule has 1 N–H and O–H groups in total. The van der Waals surface area contributed by atoms with Crippen molar-refractivity contribution in [1.82, 2.24) is 10.2 Å². The first kappa shape index (κ1) is 21.4. The van der Waals surface area contributed by atoms with Gasteiger partial charge in [-0.15, -0.1) is 0 Å². The number of fused-ring (bicyclic) bond motifs is 1. The lowest BCUT2D eigenvalue weighted by Crippen LogP contribution is -2.37. The highest BCUT2D eigenvalue weighted by Crippen LogP contribution is 2.28. The van der Waals surface area contributed by atoms with Crippen molar-refractivity contribution in [2.45, 2.75) is 32.7 Å². The molecule has 0 atom stereocenters. The number of hydrogen-bond acceptors (Lipinski definition) is 4. The average Bonchev–Trinajstić information content (AvgIpc) is 3.12. The average molecular weight is 408 g/mol. The summed E-state index contributed by atoms with van der Waals surface area (Å²) in [6, 6.07) is 14.7. The van der Waals surface area contributed by atoms with E-state index in [1.54, 1.807) is 43.3 Å². The van der Waals surface area contributed by atoms with Gasteiger partial charge in [0.25, 0.3) is 5.91 Å². The minimum absolute atomic E-state index is 0.0768. The number of para-hydroxylation sites is 1. The van der Waals surface area contributed by atoms with Crippen LogP contribution in [0.5, 0.6) is 5.75 Å². The van der Waals surface area contributed by atoms with Gasteiger partial charge in [0.2, 0.25) is 5.91 Å². The van der Waals surface area contributed by atoms with E-state index in [4.69, 9.17) is 9.15 Å². The minimum atomic E-state index is -0.312. The Bertz CT molecular complexity index is 1020. The summed E-state index contributed by atoms with van der Waals surface area (Å²) >= 11 is 0. The summed E-state index contributed by atoms with van der Waals surface area (Å²) < 4.78 is 11.2. The van der Waals surface area contributed by atoms with Crippen LogP contribution >= 0.6 is 0 Å². The number of carbonyl (C=O) groups excluding carboxylic acids is 2. The Balaban J connectivity index is 1.66. The molecule has 3 rings (SSSR count). The number of furan rings is 1. The fourth-order valence-corrected chi connectivity index (χ4v) is 3.34. The van der Waals surface area contributed by atoms with Crippen LogP contribution in [0.1, 0.15) is 41.4 Å². The Kier molecular flexibility index (Phi) is 7.12. The minimum Gasteiger partial charge on any atom is -0.497 e. The Hall–Kier alpha value is -3.28. The first-order chi connectivity index (χ1) is 14.5. The van der Waals surface area contributed by atoms with E-state index in [0.717, 1.165) is 41.6 Å². The van der Waals surface area contributed by atoms with Crippen LogP contribution in [0.15, 0.2) is 52.9 Å². The molecule has 0 saturated heterocycles. The number of hydrogen-bond donors (Lipinski definition) is 1. The second kappa shape index (κ2) is 9.96. The molecule has 3 aromatic rings. The maximum Gasteiger partial charge on any atom is 0.251 e. The van der Waals surface area contributed by atoms with Crippen LogP contribution in [0.2, 0.25) is 0 Å². The number of benzene rings is 2. The van der Waals surface area contributed by atoms with Gasteiger partial charge < -0.3 is 19.4 Å². The van der Waals surface area contributed by atoms with Gasteiger partial charge in [0.15, 0.2) is 0 Å². The maximum absolute atomic E-state index is 12.6. The summed E-state index contributed by atoms with van der Waals surface area (Å²) in [5.41, 5.74) is 2.33. The molecular formula is C24H28N2O4. The van der Waals surface area contributed by atoms with Gasteiger partial charge in [-0.1, -0.05) is 37.6 Å². The van der Waals surface area contributed by atoms with Crippen LogP contribution in [0.25, 0.3) is 11.0 Å². The highest BCUT2D eigenvalue weighted by Gasteiger charge is 2.18. The Morgan fingerprint density at radius 1 is 1.13 bits per heavy atom. The monoisotopic (exact) mass is 408 g/mol. The highest BCUT2D eigenvalue weighted by molar-refractivity contribution is 5.96. The van der Waals surface area contributed by atoms with Crippen LogP contribution in [0, 0.1) is 0 Å². The van der Waals surface area contributed by atoms with Gasteiger partial charge >= 0.3 is 0 Å². The Morgan fingerprint density at radius 3 is 2.70 bits per heavy atom. The molecule has 0 aliphatic rings. The van der Waals surface area contributed by atoms with E-state index in [2.05, 4.69) is 12.2 Å². The van der Waals surface area contributed by atoms with E-state index in [1.807, 2.05) is 24.3 Å². The van der Waals surface area contributed by atoms with Gasteiger partial charge in [-0.05, 0) is 30.7 Å². The lowest BCUT2D eigenvalue weighted by molar-refractivity contribution is -0.129. The van der Waals surface area contributed by atoms with E-state index in [9.17, 15) is 9.59 Å². The van der Waals surface area contributed by atoms with Crippen molar-refractivity contribution in [2.24, 2.45) is 0 Å². The zero-order chi connectivity index (χ0) is 21.5. The van der Waals surface area contributed by atoms with Crippen molar-refractivity contribution < 1.29 is 18.7 Å². The molecule has 2 aromatic carbocycles. The van der Waals surface area contributed by atoms with Crippen LogP contribution in [-0.4, -0.2) is 37.4 Å². The quantitative estimate of drug-likeness (QED) is 0.577. The number of methoxy groups -OCH3 is 1. The standard InChI is InChI=1S/C24H28N2O4/c1-4-5-12-22-20(19-11-6-7-13-21(19)30-22)16-26(2)23(27)15-25-24(28)17-9-8-10-18(14-17)29-3/h6-11,13-14H,4-5,12,15-16H2,1-3H3,(H,25,28). The number of likely N-dealkylation sites (N-methyl/N-ethyl adjacent to an activating group) is 1. The summed E-state index contributed by atoms with van der Waals surface area (Å²) in [4.78, 5) is 26.6. The van der Waals surface area contributed by atoms with Crippen molar-refractivity contribution in [2.75, 3.05) is 20.7 Å². The molecule has 2 amide bonds. The summed E-state index contributed by atoms with van der Waals surface area (Å²) in [5, 5.41) is 3.72. The number of ether oxygens (including phenoxy) is 1. The summed E-state index contributed by atoms with van der Waals surface area (Å²) in [6.45, 7) is 2.50. The van der Waals surface area contributed by atoms with Gasteiger partial charge in [0, 0.05) is 36.5 Å². The van der Waals surface area contributed by atoms with Gasteiger partial charge in [-0.2, -0.15) is 0 Å². The lowest BCUT2D eigenvalue weighted by Gasteiger charge is -2.18. The van der Waals surface area contributed by atoms with E-state index < -0.39 is 0 Å². The molecule has 158 valence electrons. The summed E-state index contributed by atoms with van der Waals surface area (Å²) in [6.07, 6.45) is 2.94. The predicted molar refractivity (Wildman–Crippen MR) is 117 cm³/mol. The van der Waals surface area contributed by atoms with Crippen molar-refractivity contribution in [3.05, 3.63) is 65.4 Å². The van der Waals surface area contributed by atoms with Gasteiger partial charge in [0.1, 0.15) is 17.1 Å². The first-order valence-corrected chi connectivity index (χ1v) is 10.2. The highest BCUT2D eigenvalue weighted by atomic mass is 16.5. The lowest BCUT2D eigenvalue weighted by atomic mass is 10.1. The fourth-order valence-electron chi connectivity index (χ4n) is 3.34. The van der Waals surface area contributed by atoms with Crippen LogP contribution in [0.4, 0.5) is 0 Å². The number of nitrogens with one attached hydrogen (secondary N) is 1. The molecule has 0 spiro atoms. The molecule has 6 heteroatoms. The van der Waals surface area contributed by atoms with E-state index in [0.29, 0.717) is 17.9 Å². The van der Waals surface area contributed by atoms with Crippen LogP contribution in [-0.2, 0) is 17.8 Å². The molecule has 0 saturated carbocycles. The SMILES string of the molecule is CCCCc1oc2ccccc2c1CN(C)C(=O)CNC(=O)c1cccc(OC)c1. The Morgan fingerprint density at radius 2 is 1.93 bits per heavy atom. The summed E-state index contributed by atoms with van der Waals surface area (Å²) in [5.74, 6) is 1.04. The number of carbonyl (C=O) groups is 2. The van der Waals surface area contributed by atoms with Crippen molar-refractivity contribution in [3.8, 4) is 5.75 Å².